The number of nitro benzene ring substituents is 1. The molecule has 0 aromatic heterocycles. The molecule has 0 heterocycles. The van der Waals surface area contributed by atoms with Crippen LogP contribution in [0.2, 0.25) is 0 Å². The number of hydrogen-bond donors (Lipinski definition) is 1. The highest BCUT2D eigenvalue weighted by molar-refractivity contribution is 5.42. The zero-order chi connectivity index (χ0) is 12.1. The zero-order valence-corrected chi connectivity index (χ0v) is 9.36. The Kier molecular flexibility index (Phi) is 4.03. The van der Waals surface area contributed by atoms with E-state index in [2.05, 4.69) is 11.2 Å². The minimum atomic E-state index is -0.372. The van der Waals surface area contributed by atoms with Crippen molar-refractivity contribution >= 4 is 5.69 Å². The second-order valence-corrected chi connectivity index (χ2v) is 3.65. The summed E-state index contributed by atoms with van der Waals surface area (Å²) in [5.74, 6) is 2.54. The number of rotatable bonds is 4. The van der Waals surface area contributed by atoms with Crippen molar-refractivity contribution in [3.05, 3.63) is 39.4 Å². The van der Waals surface area contributed by atoms with E-state index in [4.69, 9.17) is 6.42 Å². The lowest BCUT2D eigenvalue weighted by Crippen LogP contribution is -2.23. The first-order valence-corrected chi connectivity index (χ1v) is 4.98. The monoisotopic (exact) mass is 218 g/mol. The van der Waals surface area contributed by atoms with E-state index in [-0.39, 0.29) is 16.7 Å². The summed E-state index contributed by atoms with van der Waals surface area (Å²) in [6, 6.07) is 5.14. The zero-order valence-electron chi connectivity index (χ0n) is 9.36. The van der Waals surface area contributed by atoms with Gasteiger partial charge in [-0.2, -0.15) is 0 Å². The summed E-state index contributed by atoms with van der Waals surface area (Å²) < 4.78 is 0. The Labute approximate surface area is 94.8 Å². The fourth-order valence-electron chi connectivity index (χ4n) is 1.29. The molecule has 0 saturated carbocycles. The summed E-state index contributed by atoms with van der Waals surface area (Å²) in [5.41, 5.74) is 1.67. The molecule has 84 valence electrons. The summed E-state index contributed by atoms with van der Waals surface area (Å²) in [6.45, 7) is 4.12. The molecule has 1 N–H and O–H groups in total. The Hall–Kier alpha value is -1.86. The van der Waals surface area contributed by atoms with Crippen molar-refractivity contribution < 1.29 is 4.92 Å². The van der Waals surface area contributed by atoms with Gasteiger partial charge >= 0.3 is 0 Å². The van der Waals surface area contributed by atoms with E-state index in [1.165, 1.54) is 0 Å². The average molecular weight is 218 g/mol. The Morgan fingerprint density at radius 2 is 2.31 bits per heavy atom. The fraction of sp³-hybridized carbons (Fsp3) is 0.333. The van der Waals surface area contributed by atoms with Crippen molar-refractivity contribution in [3.63, 3.8) is 0 Å². The molecule has 0 saturated heterocycles. The van der Waals surface area contributed by atoms with Crippen LogP contribution in [0.25, 0.3) is 0 Å². The van der Waals surface area contributed by atoms with Gasteiger partial charge in [0, 0.05) is 18.2 Å². The van der Waals surface area contributed by atoms with Crippen molar-refractivity contribution in [2.24, 2.45) is 0 Å². The van der Waals surface area contributed by atoms with Crippen molar-refractivity contribution in [1.29, 1.82) is 0 Å². The Morgan fingerprint density at radius 3 is 2.88 bits per heavy atom. The van der Waals surface area contributed by atoms with Gasteiger partial charge in [0.1, 0.15) is 0 Å². The second-order valence-electron chi connectivity index (χ2n) is 3.65. The number of nitrogens with one attached hydrogen (secondary N) is 1. The van der Waals surface area contributed by atoms with Crippen LogP contribution >= 0.6 is 0 Å². The predicted octanol–water partition coefficient (Wildman–Crippen LogP) is 2.01. The van der Waals surface area contributed by atoms with Crippen molar-refractivity contribution in [3.8, 4) is 12.3 Å². The van der Waals surface area contributed by atoms with Crippen LogP contribution in [-0.2, 0) is 6.54 Å². The molecule has 0 aliphatic carbocycles. The molecule has 1 unspecified atom stereocenters. The maximum absolute atomic E-state index is 10.7. The number of hydrogen-bond acceptors (Lipinski definition) is 3. The first kappa shape index (κ1) is 12.2. The first-order chi connectivity index (χ1) is 7.54. The van der Waals surface area contributed by atoms with Crippen LogP contribution in [0, 0.1) is 29.4 Å². The third-order valence-electron chi connectivity index (χ3n) is 2.33. The minimum absolute atomic E-state index is 0.0413. The van der Waals surface area contributed by atoms with Gasteiger partial charge in [0.15, 0.2) is 0 Å². The van der Waals surface area contributed by atoms with Gasteiger partial charge in [0.2, 0.25) is 0 Å². The van der Waals surface area contributed by atoms with E-state index in [0.717, 1.165) is 5.56 Å². The third kappa shape index (κ3) is 3.07. The van der Waals surface area contributed by atoms with Gasteiger partial charge < -0.3 is 0 Å². The molecule has 0 spiro atoms. The van der Waals surface area contributed by atoms with E-state index in [1.807, 2.05) is 13.0 Å². The van der Waals surface area contributed by atoms with Gasteiger partial charge in [0.05, 0.1) is 11.0 Å². The molecular formula is C12H14N2O2. The van der Waals surface area contributed by atoms with Gasteiger partial charge in [-0.3, -0.25) is 15.4 Å². The van der Waals surface area contributed by atoms with E-state index < -0.39 is 0 Å². The quantitative estimate of drug-likeness (QED) is 0.478. The Morgan fingerprint density at radius 1 is 1.62 bits per heavy atom. The van der Waals surface area contributed by atoms with Crippen LogP contribution in [0.15, 0.2) is 18.2 Å². The van der Waals surface area contributed by atoms with Crippen LogP contribution in [0.5, 0.6) is 0 Å². The van der Waals surface area contributed by atoms with Crippen LogP contribution in [0.4, 0.5) is 5.69 Å². The maximum Gasteiger partial charge on any atom is 0.272 e. The summed E-state index contributed by atoms with van der Waals surface area (Å²) in [6.07, 6.45) is 5.22. The molecule has 4 heteroatoms. The van der Waals surface area contributed by atoms with Gasteiger partial charge in [-0.25, -0.2) is 0 Å². The molecule has 0 amide bonds. The number of terminal acetylenes is 1. The number of nitro groups is 1. The topological polar surface area (TPSA) is 55.2 Å². The van der Waals surface area contributed by atoms with Crippen LogP contribution < -0.4 is 5.32 Å². The molecular weight excluding hydrogens is 204 g/mol. The molecule has 0 aliphatic heterocycles. The molecule has 16 heavy (non-hydrogen) atoms. The number of nitrogens with zero attached hydrogens (tertiary/aromatic N) is 1. The second kappa shape index (κ2) is 5.29. The van der Waals surface area contributed by atoms with E-state index in [9.17, 15) is 10.1 Å². The lowest BCUT2D eigenvalue weighted by molar-refractivity contribution is -0.385. The summed E-state index contributed by atoms with van der Waals surface area (Å²) >= 11 is 0. The summed E-state index contributed by atoms with van der Waals surface area (Å²) in [5, 5.41) is 13.8. The highest BCUT2D eigenvalue weighted by Gasteiger charge is 2.10. The van der Waals surface area contributed by atoms with E-state index in [0.29, 0.717) is 12.1 Å². The van der Waals surface area contributed by atoms with Crippen LogP contribution in [0.3, 0.4) is 0 Å². The average Bonchev–Trinajstić information content (AvgIpc) is 2.27. The van der Waals surface area contributed by atoms with Gasteiger partial charge in [-0.05, 0) is 19.4 Å². The first-order valence-electron chi connectivity index (χ1n) is 4.98. The molecule has 4 nitrogen and oxygen atoms in total. The number of benzene rings is 1. The molecule has 1 atom stereocenters. The SMILES string of the molecule is C#CC(C)NCc1ccc(C)c([N+](=O)[O-])c1. The molecule has 0 aliphatic rings. The van der Waals surface area contributed by atoms with Crippen molar-refractivity contribution in [2.75, 3.05) is 0 Å². The standard InChI is InChI=1S/C12H14N2O2/c1-4-10(3)13-8-11-6-5-9(2)12(7-11)14(15)16/h1,5-7,10,13H,8H2,2-3H3. The minimum Gasteiger partial charge on any atom is -0.300 e. The van der Waals surface area contributed by atoms with Gasteiger partial charge in [-0.15, -0.1) is 6.42 Å². The normalized spacial score (nSPS) is 11.8. The highest BCUT2D eigenvalue weighted by Crippen LogP contribution is 2.19. The molecule has 0 fully saturated rings. The van der Waals surface area contributed by atoms with Crippen LogP contribution in [-0.4, -0.2) is 11.0 Å². The number of aryl methyl sites for hydroxylation is 1. The molecule has 0 bridgehead atoms. The smallest absolute Gasteiger partial charge is 0.272 e. The van der Waals surface area contributed by atoms with Gasteiger partial charge in [0.25, 0.3) is 5.69 Å². The predicted molar refractivity (Wildman–Crippen MR) is 63.0 cm³/mol. The Balaban J connectivity index is 2.80. The van der Waals surface area contributed by atoms with Crippen molar-refractivity contribution in [2.45, 2.75) is 26.4 Å². The molecule has 1 aromatic carbocycles. The Bertz CT molecular complexity index is 435. The van der Waals surface area contributed by atoms with Crippen molar-refractivity contribution in [1.82, 2.24) is 5.32 Å². The summed E-state index contributed by atoms with van der Waals surface area (Å²) in [4.78, 5) is 10.3. The maximum atomic E-state index is 10.7. The van der Waals surface area contributed by atoms with Gasteiger partial charge in [-0.1, -0.05) is 18.1 Å². The lowest BCUT2D eigenvalue weighted by Gasteiger charge is -2.07. The lowest BCUT2D eigenvalue weighted by atomic mass is 10.1. The fourth-order valence-corrected chi connectivity index (χ4v) is 1.29. The third-order valence-corrected chi connectivity index (χ3v) is 2.33. The largest absolute Gasteiger partial charge is 0.300 e. The summed E-state index contributed by atoms with van der Waals surface area (Å²) in [7, 11) is 0. The highest BCUT2D eigenvalue weighted by atomic mass is 16.6. The molecule has 0 radical (unpaired) electrons. The van der Waals surface area contributed by atoms with E-state index >= 15 is 0 Å². The van der Waals surface area contributed by atoms with E-state index in [1.54, 1.807) is 19.1 Å². The molecule has 1 rings (SSSR count). The van der Waals surface area contributed by atoms with Crippen LogP contribution in [0.1, 0.15) is 18.1 Å². The molecule has 1 aromatic rings.